The third-order valence-corrected chi connectivity index (χ3v) is 5.82. The molecule has 1 aromatic carbocycles. The largest absolute Gasteiger partial charge is 0.459 e. The second-order valence-corrected chi connectivity index (χ2v) is 7.61. The number of ether oxygens (including phenoxy) is 2. The molecule has 148 valence electrons. The summed E-state index contributed by atoms with van der Waals surface area (Å²) >= 11 is 1.19. The molecule has 2 aliphatic rings. The first-order valence-corrected chi connectivity index (χ1v) is 9.89. The summed E-state index contributed by atoms with van der Waals surface area (Å²) in [5, 5.41) is 11.9. The van der Waals surface area contributed by atoms with Gasteiger partial charge < -0.3 is 24.1 Å². The number of benzene rings is 1. The molecule has 10 heteroatoms. The van der Waals surface area contributed by atoms with E-state index >= 15 is 0 Å². The minimum absolute atomic E-state index is 0.168. The van der Waals surface area contributed by atoms with Gasteiger partial charge >= 0.3 is 0 Å². The lowest BCUT2D eigenvalue weighted by Gasteiger charge is -2.21. The van der Waals surface area contributed by atoms with Crippen LogP contribution in [-0.2, 0) is 0 Å². The zero-order valence-corrected chi connectivity index (χ0v) is 16.0. The van der Waals surface area contributed by atoms with Crippen molar-refractivity contribution >= 4 is 28.8 Å². The maximum atomic E-state index is 12.7. The maximum absolute atomic E-state index is 12.7. The molecule has 0 spiro atoms. The number of fused-ring (bicyclic) bond motifs is 1. The molecule has 1 unspecified atom stereocenters. The quantitative estimate of drug-likeness (QED) is 0.702. The maximum Gasteiger partial charge on any atom is 0.290 e. The number of furan rings is 1. The van der Waals surface area contributed by atoms with Crippen LogP contribution in [0, 0.1) is 0 Å². The molecule has 29 heavy (non-hydrogen) atoms. The monoisotopic (exact) mass is 412 g/mol. The zero-order chi connectivity index (χ0) is 19.8. The Balaban J connectivity index is 1.31. The van der Waals surface area contributed by atoms with Crippen LogP contribution >= 0.6 is 11.3 Å². The Kier molecular flexibility index (Phi) is 4.39. The van der Waals surface area contributed by atoms with Gasteiger partial charge in [-0.05, 0) is 37.1 Å². The van der Waals surface area contributed by atoms with E-state index in [9.17, 15) is 9.59 Å². The summed E-state index contributed by atoms with van der Waals surface area (Å²) in [6, 6.07) is 8.28. The molecule has 1 fully saturated rings. The summed E-state index contributed by atoms with van der Waals surface area (Å²) in [5.41, 5.74) is 0.575. The molecule has 5 rings (SSSR count). The van der Waals surface area contributed by atoms with Crippen LogP contribution in [0.3, 0.4) is 0 Å². The van der Waals surface area contributed by atoms with E-state index in [4.69, 9.17) is 13.9 Å². The van der Waals surface area contributed by atoms with E-state index in [1.807, 2.05) is 0 Å². The van der Waals surface area contributed by atoms with Crippen LogP contribution in [0.25, 0.3) is 0 Å². The Bertz CT molecular complexity index is 1060. The van der Waals surface area contributed by atoms with Gasteiger partial charge in [-0.3, -0.25) is 9.59 Å². The van der Waals surface area contributed by atoms with Crippen molar-refractivity contribution in [2.75, 3.05) is 18.7 Å². The van der Waals surface area contributed by atoms with E-state index in [0.717, 1.165) is 12.8 Å². The lowest BCUT2D eigenvalue weighted by Crippen LogP contribution is -2.30. The van der Waals surface area contributed by atoms with Gasteiger partial charge in [-0.1, -0.05) is 11.3 Å². The van der Waals surface area contributed by atoms with Gasteiger partial charge in [0.1, 0.15) is 5.01 Å². The summed E-state index contributed by atoms with van der Waals surface area (Å²) < 4.78 is 15.8. The van der Waals surface area contributed by atoms with Crippen molar-refractivity contribution in [3.63, 3.8) is 0 Å². The van der Waals surface area contributed by atoms with E-state index in [2.05, 4.69) is 15.5 Å². The minimum atomic E-state index is -0.366. The van der Waals surface area contributed by atoms with E-state index in [0.29, 0.717) is 34.5 Å². The predicted octanol–water partition coefficient (Wildman–Crippen LogP) is 3.09. The lowest BCUT2D eigenvalue weighted by atomic mass is 10.2. The summed E-state index contributed by atoms with van der Waals surface area (Å²) in [6.45, 7) is 0.781. The van der Waals surface area contributed by atoms with Crippen molar-refractivity contribution in [3.05, 3.63) is 52.4 Å². The number of nitrogens with zero attached hydrogens (tertiary/aromatic N) is 3. The van der Waals surface area contributed by atoms with Gasteiger partial charge in [-0.2, -0.15) is 0 Å². The smallest absolute Gasteiger partial charge is 0.290 e. The lowest BCUT2D eigenvalue weighted by molar-refractivity contribution is 0.0702. The average Bonchev–Trinajstić information content (AvgIpc) is 3.53. The number of hydrogen-bond acceptors (Lipinski definition) is 8. The Hall–Kier alpha value is -3.40. The number of hydrogen-bond donors (Lipinski definition) is 1. The fraction of sp³-hybridized carbons (Fsp3) is 0.263. The number of rotatable bonds is 4. The van der Waals surface area contributed by atoms with Crippen molar-refractivity contribution in [1.29, 1.82) is 0 Å². The van der Waals surface area contributed by atoms with E-state index in [-0.39, 0.29) is 29.7 Å². The molecule has 9 nitrogen and oxygen atoms in total. The molecule has 0 aliphatic carbocycles. The van der Waals surface area contributed by atoms with E-state index in [1.54, 1.807) is 35.2 Å². The fourth-order valence-corrected chi connectivity index (χ4v) is 4.31. The third-order valence-electron chi connectivity index (χ3n) is 4.80. The highest BCUT2D eigenvalue weighted by molar-refractivity contribution is 7.13. The van der Waals surface area contributed by atoms with E-state index in [1.165, 1.54) is 17.6 Å². The second kappa shape index (κ2) is 7.21. The first-order chi connectivity index (χ1) is 14.2. The van der Waals surface area contributed by atoms with Crippen molar-refractivity contribution in [1.82, 2.24) is 15.1 Å². The molecule has 2 aliphatic heterocycles. The first kappa shape index (κ1) is 17.7. The van der Waals surface area contributed by atoms with Crippen LogP contribution in [0.5, 0.6) is 11.5 Å². The number of likely N-dealkylation sites (tertiary alicyclic amines) is 1. The summed E-state index contributed by atoms with van der Waals surface area (Å²) in [4.78, 5) is 26.9. The number of carbonyl (C=O) groups is 2. The number of anilines is 1. The number of aromatic nitrogens is 2. The Morgan fingerprint density at radius 3 is 2.93 bits per heavy atom. The third kappa shape index (κ3) is 3.31. The van der Waals surface area contributed by atoms with Crippen LogP contribution in [0.1, 0.15) is 44.2 Å². The van der Waals surface area contributed by atoms with Gasteiger partial charge in [0, 0.05) is 18.3 Å². The molecule has 1 atom stereocenters. The first-order valence-electron chi connectivity index (χ1n) is 9.08. The van der Waals surface area contributed by atoms with Crippen LogP contribution in [0.2, 0.25) is 0 Å². The van der Waals surface area contributed by atoms with Crippen molar-refractivity contribution in [2.24, 2.45) is 0 Å². The average molecular weight is 412 g/mol. The Morgan fingerprint density at radius 2 is 2.07 bits per heavy atom. The second-order valence-electron chi connectivity index (χ2n) is 6.60. The summed E-state index contributed by atoms with van der Waals surface area (Å²) in [5.74, 6) is 0.971. The molecule has 2 amide bonds. The van der Waals surface area contributed by atoms with Gasteiger partial charge in [-0.15, -0.1) is 10.2 Å². The molecular weight excluding hydrogens is 396 g/mol. The molecule has 0 bridgehead atoms. The normalized spacial score (nSPS) is 17.5. The number of carbonyl (C=O) groups excluding carboxylic acids is 2. The molecule has 0 saturated carbocycles. The molecule has 2 aromatic heterocycles. The molecule has 1 saturated heterocycles. The van der Waals surface area contributed by atoms with Gasteiger partial charge in [0.15, 0.2) is 17.3 Å². The van der Waals surface area contributed by atoms with Crippen LogP contribution in [-0.4, -0.2) is 40.2 Å². The zero-order valence-electron chi connectivity index (χ0n) is 15.2. The number of amides is 2. The van der Waals surface area contributed by atoms with E-state index < -0.39 is 0 Å². The molecule has 3 aromatic rings. The van der Waals surface area contributed by atoms with Gasteiger partial charge in [0.05, 0.1) is 12.3 Å². The minimum Gasteiger partial charge on any atom is -0.459 e. The highest BCUT2D eigenvalue weighted by atomic mass is 32.1. The molecule has 1 N–H and O–H groups in total. The van der Waals surface area contributed by atoms with Crippen molar-refractivity contribution in [2.45, 2.75) is 18.9 Å². The topological polar surface area (TPSA) is 107 Å². The Morgan fingerprint density at radius 1 is 1.17 bits per heavy atom. The van der Waals surface area contributed by atoms with Gasteiger partial charge in [0.2, 0.25) is 11.8 Å². The van der Waals surface area contributed by atoms with Crippen molar-refractivity contribution < 1.29 is 23.5 Å². The summed E-state index contributed by atoms with van der Waals surface area (Å²) in [6.07, 6.45) is 3.10. The van der Waals surface area contributed by atoms with Gasteiger partial charge in [0.25, 0.3) is 11.8 Å². The molecule has 0 radical (unpaired) electrons. The SMILES string of the molecule is O=C(Nc1ccc2c(c1)OCO2)c1nnc(C2CCCN2C(=O)c2ccco2)s1. The van der Waals surface area contributed by atoms with Crippen molar-refractivity contribution in [3.8, 4) is 11.5 Å². The molecular formula is C19H16N4O5S. The van der Waals surface area contributed by atoms with Crippen LogP contribution in [0.15, 0.2) is 41.0 Å². The predicted molar refractivity (Wildman–Crippen MR) is 102 cm³/mol. The van der Waals surface area contributed by atoms with Crippen LogP contribution < -0.4 is 14.8 Å². The van der Waals surface area contributed by atoms with Crippen LogP contribution in [0.4, 0.5) is 5.69 Å². The number of nitrogens with one attached hydrogen (secondary N) is 1. The van der Waals surface area contributed by atoms with Gasteiger partial charge in [-0.25, -0.2) is 0 Å². The standard InChI is InChI=1S/C19H16N4O5S/c24-16(20-11-5-6-13-15(9-11)28-10-27-13)18-22-21-17(29-18)12-3-1-7-23(12)19(25)14-4-2-8-26-14/h2,4-6,8-9,12H,1,3,7,10H2,(H,20,24). The highest BCUT2D eigenvalue weighted by Gasteiger charge is 2.34. The summed E-state index contributed by atoms with van der Waals surface area (Å²) in [7, 11) is 0. The molecule has 4 heterocycles. The fourth-order valence-electron chi connectivity index (χ4n) is 3.43. The Labute approximate surface area is 169 Å². The highest BCUT2D eigenvalue weighted by Crippen LogP contribution is 2.36.